The number of para-hydroxylation sites is 1. The average Bonchev–Trinajstić information content (AvgIpc) is 3.83. The van der Waals surface area contributed by atoms with Crippen molar-refractivity contribution in [2.75, 3.05) is 4.90 Å². The van der Waals surface area contributed by atoms with Gasteiger partial charge in [-0.2, -0.15) is 0 Å². The summed E-state index contributed by atoms with van der Waals surface area (Å²) in [5, 5.41) is 0. The van der Waals surface area contributed by atoms with Crippen molar-refractivity contribution in [1.82, 2.24) is 0 Å². The van der Waals surface area contributed by atoms with Crippen LogP contribution in [0.3, 0.4) is 0 Å². The van der Waals surface area contributed by atoms with Crippen LogP contribution >= 0.6 is 0 Å². The Bertz CT molecular complexity index is 3180. The molecule has 1 atom stereocenters. The number of hydrogen-bond acceptors (Lipinski definition) is 1. The third-order valence-corrected chi connectivity index (χ3v) is 13.1. The van der Waals surface area contributed by atoms with E-state index in [0.29, 0.717) is 0 Å². The largest absolute Gasteiger partial charge is 0.310 e. The van der Waals surface area contributed by atoms with E-state index in [1.807, 2.05) is 0 Å². The highest BCUT2D eigenvalue weighted by atomic mass is 15.1. The molecule has 0 amide bonds. The highest BCUT2D eigenvalue weighted by molar-refractivity contribution is 6.01. The highest BCUT2D eigenvalue weighted by Crippen LogP contribution is 2.66. The van der Waals surface area contributed by atoms with Crippen molar-refractivity contribution >= 4 is 17.1 Å². The summed E-state index contributed by atoms with van der Waals surface area (Å²) < 4.78 is 0. The molecular formula is C61H41N. The van der Waals surface area contributed by atoms with E-state index >= 15 is 0 Å². The molecule has 290 valence electrons. The molecule has 2 aliphatic rings. The van der Waals surface area contributed by atoms with E-state index in [2.05, 4.69) is 254 Å². The van der Waals surface area contributed by atoms with E-state index in [1.165, 1.54) is 89.0 Å². The number of fused-ring (bicyclic) bond motifs is 6. The molecule has 62 heavy (non-hydrogen) atoms. The number of hydrogen-bond donors (Lipinski definition) is 0. The van der Waals surface area contributed by atoms with E-state index in [4.69, 9.17) is 0 Å². The molecule has 12 rings (SSSR count). The maximum atomic E-state index is 2.47. The SMILES string of the molecule is c1ccc(-c2ccc(N(c3ccc(-c4ccccc4)cc3)c3ccccc3C34c5ccccc5-c5cccc(c53)-c3cc(-c5cccc(-c6ccccc6)c5)ccc34)cc2)cc1. The monoisotopic (exact) mass is 787 g/mol. The molecule has 0 saturated carbocycles. The molecule has 0 heterocycles. The van der Waals surface area contributed by atoms with Crippen LogP contribution in [0.4, 0.5) is 17.1 Å². The van der Waals surface area contributed by atoms with E-state index in [9.17, 15) is 0 Å². The van der Waals surface area contributed by atoms with Crippen LogP contribution in [0.1, 0.15) is 22.3 Å². The molecule has 0 spiro atoms. The van der Waals surface area contributed by atoms with Crippen molar-refractivity contribution in [3.8, 4) is 66.8 Å². The molecule has 0 bridgehead atoms. The van der Waals surface area contributed by atoms with Gasteiger partial charge in [-0.1, -0.05) is 206 Å². The Morgan fingerprint density at radius 3 is 1.24 bits per heavy atom. The molecule has 0 saturated heterocycles. The molecule has 2 aliphatic carbocycles. The zero-order chi connectivity index (χ0) is 41.0. The summed E-state index contributed by atoms with van der Waals surface area (Å²) in [7, 11) is 0. The first-order valence-corrected chi connectivity index (χ1v) is 21.5. The summed E-state index contributed by atoms with van der Waals surface area (Å²) >= 11 is 0. The van der Waals surface area contributed by atoms with E-state index < -0.39 is 5.41 Å². The predicted molar refractivity (Wildman–Crippen MR) is 259 cm³/mol. The lowest BCUT2D eigenvalue weighted by atomic mass is 9.69. The van der Waals surface area contributed by atoms with Gasteiger partial charge in [-0.3, -0.25) is 0 Å². The molecule has 10 aromatic rings. The second-order valence-corrected chi connectivity index (χ2v) is 16.4. The number of benzene rings is 10. The topological polar surface area (TPSA) is 3.24 Å². The molecular weight excluding hydrogens is 747 g/mol. The van der Waals surface area contributed by atoms with Crippen LogP contribution in [0.5, 0.6) is 0 Å². The summed E-state index contributed by atoms with van der Waals surface area (Å²) in [6, 6.07) is 91.5. The smallest absolute Gasteiger partial charge is 0.0745 e. The van der Waals surface area contributed by atoms with Gasteiger partial charge in [0.25, 0.3) is 0 Å². The molecule has 0 radical (unpaired) electrons. The van der Waals surface area contributed by atoms with Crippen molar-refractivity contribution in [3.05, 3.63) is 271 Å². The minimum atomic E-state index is -0.551. The lowest BCUT2D eigenvalue weighted by molar-refractivity contribution is 0.791. The third kappa shape index (κ3) is 5.63. The molecule has 10 aromatic carbocycles. The van der Waals surface area contributed by atoms with Gasteiger partial charge in [0.15, 0.2) is 0 Å². The molecule has 0 fully saturated rings. The van der Waals surface area contributed by atoms with Gasteiger partial charge >= 0.3 is 0 Å². The fourth-order valence-electron chi connectivity index (χ4n) is 10.4. The average molecular weight is 788 g/mol. The summed E-state index contributed by atoms with van der Waals surface area (Å²) in [6.45, 7) is 0. The quantitative estimate of drug-likeness (QED) is 0.148. The summed E-state index contributed by atoms with van der Waals surface area (Å²) in [5.41, 5.74) is 23.0. The highest BCUT2D eigenvalue weighted by Gasteiger charge is 2.53. The van der Waals surface area contributed by atoms with E-state index in [1.54, 1.807) is 0 Å². The Kier molecular flexibility index (Phi) is 8.47. The van der Waals surface area contributed by atoms with Gasteiger partial charge in [0.1, 0.15) is 0 Å². The van der Waals surface area contributed by atoms with Crippen LogP contribution in [0.15, 0.2) is 249 Å². The van der Waals surface area contributed by atoms with Gasteiger partial charge in [0.2, 0.25) is 0 Å². The van der Waals surface area contributed by atoms with Crippen LogP contribution in [-0.2, 0) is 5.41 Å². The minimum absolute atomic E-state index is 0.551. The van der Waals surface area contributed by atoms with Crippen molar-refractivity contribution in [1.29, 1.82) is 0 Å². The van der Waals surface area contributed by atoms with Gasteiger partial charge in [-0.05, 0) is 131 Å². The second kappa shape index (κ2) is 14.6. The number of nitrogens with zero attached hydrogens (tertiary/aromatic N) is 1. The van der Waals surface area contributed by atoms with Gasteiger partial charge in [0, 0.05) is 11.4 Å². The van der Waals surface area contributed by atoms with Gasteiger partial charge in [-0.25, -0.2) is 0 Å². The molecule has 0 N–H and O–H groups in total. The predicted octanol–water partition coefficient (Wildman–Crippen LogP) is 16.2. The van der Waals surface area contributed by atoms with Crippen molar-refractivity contribution in [3.63, 3.8) is 0 Å². The lowest BCUT2D eigenvalue weighted by Gasteiger charge is -2.36. The summed E-state index contributed by atoms with van der Waals surface area (Å²) in [5.74, 6) is 0. The third-order valence-electron chi connectivity index (χ3n) is 13.1. The van der Waals surface area contributed by atoms with Gasteiger partial charge in [-0.15, -0.1) is 0 Å². The molecule has 0 aliphatic heterocycles. The number of anilines is 3. The molecule has 0 aromatic heterocycles. The molecule has 1 nitrogen and oxygen atoms in total. The number of rotatable bonds is 8. The van der Waals surface area contributed by atoms with Crippen molar-refractivity contribution < 1.29 is 0 Å². The van der Waals surface area contributed by atoms with Crippen LogP contribution in [0.25, 0.3) is 66.8 Å². The first kappa shape index (κ1) is 35.9. The second-order valence-electron chi connectivity index (χ2n) is 16.4. The Morgan fingerprint density at radius 2 is 0.629 bits per heavy atom. The van der Waals surface area contributed by atoms with Crippen LogP contribution in [-0.4, -0.2) is 0 Å². The maximum absolute atomic E-state index is 2.47. The zero-order valence-electron chi connectivity index (χ0n) is 34.1. The zero-order valence-corrected chi connectivity index (χ0v) is 34.1. The Balaban J connectivity index is 1.08. The first-order chi connectivity index (χ1) is 30.8. The first-order valence-electron chi connectivity index (χ1n) is 21.5. The Hall–Kier alpha value is -8.00. The van der Waals surface area contributed by atoms with Crippen LogP contribution < -0.4 is 4.90 Å². The molecule has 1 unspecified atom stereocenters. The van der Waals surface area contributed by atoms with Crippen molar-refractivity contribution in [2.45, 2.75) is 5.41 Å². The fraction of sp³-hybridized carbons (Fsp3) is 0.0164. The van der Waals surface area contributed by atoms with Gasteiger partial charge in [0.05, 0.1) is 11.1 Å². The Morgan fingerprint density at radius 1 is 0.242 bits per heavy atom. The normalized spacial score (nSPS) is 14.2. The standard InChI is InChI=1S/C61H41N/c1-4-16-42(17-5-1)45-30-35-50(36-31-45)62(51-37-32-46(33-38-51)43-18-6-2-7-19-43)59-29-13-12-28-58(59)61-56-27-11-10-24-52(56)53-25-15-26-54(60(53)61)55-41-49(34-39-57(55)61)48-23-14-22-47(40-48)44-20-8-3-9-21-44/h1-41H. The minimum Gasteiger partial charge on any atom is -0.310 e. The maximum Gasteiger partial charge on any atom is 0.0745 e. The van der Waals surface area contributed by atoms with Crippen LogP contribution in [0, 0.1) is 0 Å². The fourth-order valence-corrected chi connectivity index (χ4v) is 10.4. The van der Waals surface area contributed by atoms with E-state index in [-0.39, 0.29) is 0 Å². The Labute approximate surface area is 363 Å². The summed E-state index contributed by atoms with van der Waals surface area (Å²) in [6.07, 6.45) is 0. The molecule has 1 heteroatoms. The van der Waals surface area contributed by atoms with Crippen LogP contribution in [0.2, 0.25) is 0 Å². The van der Waals surface area contributed by atoms with Crippen molar-refractivity contribution in [2.24, 2.45) is 0 Å². The van der Waals surface area contributed by atoms with E-state index in [0.717, 1.165) is 17.1 Å². The summed E-state index contributed by atoms with van der Waals surface area (Å²) in [4.78, 5) is 2.47. The van der Waals surface area contributed by atoms with Gasteiger partial charge < -0.3 is 4.90 Å². The lowest BCUT2D eigenvalue weighted by Crippen LogP contribution is -2.28.